The molecular formula is C14H15BrO2. The molecule has 0 amide bonds. The summed E-state index contributed by atoms with van der Waals surface area (Å²) in [6, 6.07) is 0. The van der Waals surface area contributed by atoms with E-state index in [0.29, 0.717) is 25.7 Å². The van der Waals surface area contributed by atoms with Crippen LogP contribution < -0.4 is 0 Å². The zero-order valence-corrected chi connectivity index (χ0v) is 11.3. The summed E-state index contributed by atoms with van der Waals surface area (Å²) in [5.74, 6) is 0.431. The quantitative estimate of drug-likeness (QED) is 0.797. The van der Waals surface area contributed by atoms with Crippen molar-refractivity contribution in [2.24, 2.45) is 0 Å². The van der Waals surface area contributed by atoms with Crippen LogP contribution in [0.4, 0.5) is 0 Å². The predicted octanol–water partition coefficient (Wildman–Crippen LogP) is 3.62. The molecule has 2 nitrogen and oxygen atoms in total. The summed E-state index contributed by atoms with van der Waals surface area (Å²) in [4.78, 5) is 23.1. The predicted molar refractivity (Wildman–Crippen MR) is 70.9 cm³/mol. The van der Waals surface area contributed by atoms with Crippen molar-refractivity contribution < 1.29 is 9.59 Å². The first-order valence-corrected chi connectivity index (χ1v) is 6.72. The van der Waals surface area contributed by atoms with Crippen LogP contribution in [0, 0.1) is 0 Å². The van der Waals surface area contributed by atoms with Gasteiger partial charge < -0.3 is 0 Å². The van der Waals surface area contributed by atoms with Crippen LogP contribution in [0.3, 0.4) is 0 Å². The Morgan fingerprint density at radius 2 is 2.00 bits per heavy atom. The summed E-state index contributed by atoms with van der Waals surface area (Å²) >= 11 is 3.45. The molecule has 2 rings (SSSR count). The third-order valence-electron chi connectivity index (χ3n) is 3.18. The average molecular weight is 295 g/mol. The minimum Gasteiger partial charge on any atom is -0.299 e. The third kappa shape index (κ3) is 3.50. The van der Waals surface area contributed by atoms with Gasteiger partial charge in [0.25, 0.3) is 0 Å². The number of allylic oxidation sites excluding steroid dienone is 6. The highest BCUT2D eigenvalue weighted by Gasteiger charge is 2.17. The molecule has 2 aliphatic rings. The molecule has 0 spiro atoms. The molecule has 0 N–H and O–H groups in total. The van der Waals surface area contributed by atoms with Crippen LogP contribution in [0.15, 0.2) is 33.9 Å². The van der Waals surface area contributed by atoms with Gasteiger partial charge in [-0.3, -0.25) is 9.59 Å². The SMILES string of the molecule is O=C1CC=C(C(=O)CC2=CC=C(Br)CC2)CC1. The Labute approximate surface area is 110 Å². The Morgan fingerprint density at radius 3 is 2.59 bits per heavy atom. The monoisotopic (exact) mass is 294 g/mol. The molecule has 90 valence electrons. The van der Waals surface area contributed by atoms with E-state index in [1.807, 2.05) is 18.2 Å². The van der Waals surface area contributed by atoms with Gasteiger partial charge in [-0.15, -0.1) is 0 Å². The van der Waals surface area contributed by atoms with Crippen LogP contribution in [0.1, 0.15) is 38.5 Å². The highest BCUT2D eigenvalue weighted by atomic mass is 79.9. The van der Waals surface area contributed by atoms with E-state index in [0.717, 1.165) is 18.4 Å². The van der Waals surface area contributed by atoms with Crippen LogP contribution >= 0.6 is 15.9 Å². The van der Waals surface area contributed by atoms with Gasteiger partial charge in [0.2, 0.25) is 0 Å². The molecule has 17 heavy (non-hydrogen) atoms. The smallest absolute Gasteiger partial charge is 0.162 e. The standard InChI is InChI=1S/C14H15BrO2/c15-12-5-1-10(2-6-12)9-14(17)11-3-7-13(16)8-4-11/h1,3,5H,2,4,6-9H2. The molecule has 0 fully saturated rings. The minimum atomic E-state index is 0.190. The maximum atomic E-state index is 12.0. The van der Waals surface area contributed by atoms with E-state index in [1.165, 1.54) is 10.1 Å². The fourth-order valence-electron chi connectivity index (χ4n) is 2.09. The summed E-state index contributed by atoms with van der Waals surface area (Å²) in [6.45, 7) is 0. The van der Waals surface area contributed by atoms with Crippen LogP contribution in [0.25, 0.3) is 0 Å². The molecular weight excluding hydrogens is 280 g/mol. The lowest BCUT2D eigenvalue weighted by atomic mass is 9.91. The van der Waals surface area contributed by atoms with Crippen molar-refractivity contribution >= 4 is 27.5 Å². The normalized spacial score (nSPS) is 20.5. The fraction of sp³-hybridized carbons (Fsp3) is 0.429. The molecule has 0 aromatic carbocycles. The van der Waals surface area contributed by atoms with Gasteiger partial charge in [0.15, 0.2) is 5.78 Å². The number of hydrogen-bond donors (Lipinski definition) is 0. The molecule has 0 saturated carbocycles. The highest BCUT2D eigenvalue weighted by molar-refractivity contribution is 9.11. The highest BCUT2D eigenvalue weighted by Crippen LogP contribution is 2.26. The van der Waals surface area contributed by atoms with Crippen LogP contribution in [0.5, 0.6) is 0 Å². The van der Waals surface area contributed by atoms with Crippen molar-refractivity contribution in [2.75, 3.05) is 0 Å². The molecule has 0 radical (unpaired) electrons. The maximum Gasteiger partial charge on any atom is 0.162 e. The molecule has 0 aromatic rings. The average Bonchev–Trinajstić information content (AvgIpc) is 2.33. The number of hydrogen-bond acceptors (Lipinski definition) is 2. The largest absolute Gasteiger partial charge is 0.299 e. The topological polar surface area (TPSA) is 34.1 Å². The lowest BCUT2D eigenvalue weighted by Crippen LogP contribution is -2.11. The Morgan fingerprint density at radius 1 is 1.18 bits per heavy atom. The van der Waals surface area contributed by atoms with Crippen LogP contribution in [-0.2, 0) is 9.59 Å². The van der Waals surface area contributed by atoms with Gasteiger partial charge in [-0.05, 0) is 29.3 Å². The summed E-state index contributed by atoms with van der Waals surface area (Å²) < 4.78 is 1.19. The molecule has 0 aliphatic heterocycles. The Kier molecular flexibility index (Phi) is 4.11. The number of carbonyl (C=O) groups excluding carboxylic acids is 2. The van der Waals surface area contributed by atoms with Gasteiger partial charge in [-0.2, -0.15) is 0 Å². The number of rotatable bonds is 3. The molecule has 0 heterocycles. The second-order valence-corrected chi connectivity index (χ2v) is 5.53. The van der Waals surface area contributed by atoms with Gasteiger partial charge in [-0.1, -0.05) is 39.7 Å². The number of ketones is 2. The number of halogens is 1. The van der Waals surface area contributed by atoms with E-state index in [1.54, 1.807) is 0 Å². The summed E-state index contributed by atoms with van der Waals surface area (Å²) in [7, 11) is 0. The number of carbonyl (C=O) groups is 2. The Bertz CT molecular complexity index is 441. The molecule has 3 heteroatoms. The van der Waals surface area contributed by atoms with Crippen LogP contribution in [0.2, 0.25) is 0 Å². The van der Waals surface area contributed by atoms with E-state index in [9.17, 15) is 9.59 Å². The summed E-state index contributed by atoms with van der Waals surface area (Å²) in [5, 5.41) is 0. The fourth-order valence-corrected chi connectivity index (χ4v) is 2.42. The third-order valence-corrected chi connectivity index (χ3v) is 3.84. The van der Waals surface area contributed by atoms with Crippen molar-refractivity contribution in [3.8, 4) is 0 Å². The molecule has 0 bridgehead atoms. The number of Topliss-reactive ketones (excluding diaryl/α,β-unsaturated/α-hetero) is 2. The van der Waals surface area contributed by atoms with Crippen molar-refractivity contribution in [1.82, 2.24) is 0 Å². The van der Waals surface area contributed by atoms with E-state index in [2.05, 4.69) is 15.9 Å². The zero-order chi connectivity index (χ0) is 12.3. The zero-order valence-electron chi connectivity index (χ0n) is 9.67. The van der Waals surface area contributed by atoms with Crippen molar-refractivity contribution in [1.29, 1.82) is 0 Å². The van der Waals surface area contributed by atoms with Gasteiger partial charge in [0.05, 0.1) is 0 Å². The molecule has 2 aliphatic carbocycles. The van der Waals surface area contributed by atoms with Crippen LogP contribution in [-0.4, -0.2) is 11.6 Å². The maximum absolute atomic E-state index is 12.0. The molecule has 0 aromatic heterocycles. The molecule has 0 atom stereocenters. The molecule has 0 unspecified atom stereocenters. The first kappa shape index (κ1) is 12.5. The van der Waals surface area contributed by atoms with Crippen molar-refractivity contribution in [2.45, 2.75) is 38.5 Å². The summed E-state index contributed by atoms with van der Waals surface area (Å²) in [6.07, 6.45) is 9.90. The second kappa shape index (κ2) is 5.58. The van der Waals surface area contributed by atoms with E-state index < -0.39 is 0 Å². The molecule has 0 saturated heterocycles. The van der Waals surface area contributed by atoms with E-state index in [4.69, 9.17) is 0 Å². The Hall–Kier alpha value is -0.960. The van der Waals surface area contributed by atoms with Gasteiger partial charge in [-0.25, -0.2) is 0 Å². The van der Waals surface area contributed by atoms with Crippen molar-refractivity contribution in [3.05, 3.63) is 33.9 Å². The first-order valence-electron chi connectivity index (χ1n) is 5.93. The van der Waals surface area contributed by atoms with Gasteiger partial charge in [0, 0.05) is 19.3 Å². The van der Waals surface area contributed by atoms with Gasteiger partial charge >= 0.3 is 0 Å². The minimum absolute atomic E-state index is 0.190. The lowest BCUT2D eigenvalue weighted by Gasteiger charge is -2.14. The van der Waals surface area contributed by atoms with Gasteiger partial charge in [0.1, 0.15) is 5.78 Å². The lowest BCUT2D eigenvalue weighted by molar-refractivity contribution is -0.118. The van der Waals surface area contributed by atoms with E-state index >= 15 is 0 Å². The van der Waals surface area contributed by atoms with E-state index in [-0.39, 0.29) is 11.6 Å². The summed E-state index contributed by atoms with van der Waals surface area (Å²) in [5.41, 5.74) is 2.04. The first-order chi connectivity index (χ1) is 8.15. The van der Waals surface area contributed by atoms with Crippen molar-refractivity contribution in [3.63, 3.8) is 0 Å². The second-order valence-electron chi connectivity index (χ2n) is 4.51. The Balaban J connectivity index is 1.96.